The minimum Gasteiger partial charge on any atom is -0.497 e. The van der Waals surface area contributed by atoms with Crippen LogP contribution in [-0.4, -0.2) is 34.9 Å². The van der Waals surface area contributed by atoms with Gasteiger partial charge in [-0.2, -0.15) is 0 Å². The van der Waals surface area contributed by atoms with Crippen molar-refractivity contribution in [2.45, 2.75) is 26.3 Å². The number of methoxy groups -OCH3 is 1. The van der Waals surface area contributed by atoms with Crippen LogP contribution in [0, 0.1) is 5.92 Å². The van der Waals surface area contributed by atoms with Gasteiger partial charge < -0.3 is 15.0 Å². The Morgan fingerprint density at radius 1 is 1.21 bits per heavy atom. The molecule has 3 aromatic rings. The molecule has 0 aliphatic carbocycles. The molecule has 3 N–H and O–H groups in total. The highest BCUT2D eigenvalue weighted by Gasteiger charge is 2.25. The first-order chi connectivity index (χ1) is 13.9. The fourth-order valence-electron chi connectivity index (χ4n) is 2.94. The zero-order valence-electron chi connectivity index (χ0n) is 16.5. The summed E-state index contributed by atoms with van der Waals surface area (Å²) in [5, 5.41) is 5.97. The third-order valence-corrected chi connectivity index (χ3v) is 4.86. The maximum atomic E-state index is 12.7. The predicted octanol–water partition coefficient (Wildman–Crippen LogP) is 3.55. The smallest absolute Gasteiger partial charge is 0.249 e. The summed E-state index contributed by atoms with van der Waals surface area (Å²) in [6.45, 7) is 3.73. The van der Waals surface area contributed by atoms with Crippen LogP contribution in [0.2, 0.25) is 5.02 Å². The molecule has 8 heteroatoms. The molecule has 0 aliphatic heterocycles. The first-order valence-corrected chi connectivity index (χ1v) is 9.62. The number of benzene rings is 2. The maximum Gasteiger partial charge on any atom is 0.249 e. The number of ether oxygens (including phenoxy) is 1. The Hall–Kier alpha value is -3.06. The van der Waals surface area contributed by atoms with E-state index in [0.29, 0.717) is 22.3 Å². The average molecular weight is 415 g/mol. The van der Waals surface area contributed by atoms with E-state index in [1.807, 2.05) is 38.1 Å². The number of amides is 2. The largest absolute Gasteiger partial charge is 0.497 e. The van der Waals surface area contributed by atoms with E-state index in [4.69, 9.17) is 16.3 Å². The van der Waals surface area contributed by atoms with Gasteiger partial charge in [-0.15, -0.1) is 0 Å². The number of anilines is 1. The van der Waals surface area contributed by atoms with E-state index >= 15 is 0 Å². The number of nitrogens with zero attached hydrogens (tertiary/aromatic N) is 1. The molecule has 0 fully saturated rings. The number of carbonyl (C=O) groups excluding carboxylic acids is 2. The summed E-state index contributed by atoms with van der Waals surface area (Å²) in [5.41, 5.74) is 2.23. The van der Waals surface area contributed by atoms with Crippen LogP contribution < -0.4 is 15.4 Å². The Morgan fingerprint density at radius 3 is 2.62 bits per heavy atom. The molecule has 2 aromatic carbocycles. The fraction of sp³-hybridized carbons (Fsp3) is 0.286. The summed E-state index contributed by atoms with van der Waals surface area (Å²) in [5.74, 6) is 0.206. The summed E-state index contributed by atoms with van der Waals surface area (Å²) in [4.78, 5) is 32.7. The van der Waals surface area contributed by atoms with E-state index < -0.39 is 6.04 Å². The molecule has 152 valence electrons. The number of hydrogen-bond donors (Lipinski definition) is 3. The van der Waals surface area contributed by atoms with Gasteiger partial charge in [0, 0.05) is 5.02 Å². The van der Waals surface area contributed by atoms with Gasteiger partial charge >= 0.3 is 0 Å². The second kappa shape index (κ2) is 8.96. The van der Waals surface area contributed by atoms with Crippen molar-refractivity contribution in [3.63, 3.8) is 0 Å². The van der Waals surface area contributed by atoms with E-state index in [0.717, 1.165) is 11.0 Å². The molecule has 0 unspecified atom stereocenters. The summed E-state index contributed by atoms with van der Waals surface area (Å²) >= 11 is 6.21. The SMILES string of the molecule is COc1ccc(CC(=O)N[C@H](C(=O)Nc2nc3ccccc3[nH]2)C(C)C)c(Cl)c1. The topological polar surface area (TPSA) is 96.1 Å². The lowest BCUT2D eigenvalue weighted by Crippen LogP contribution is -2.47. The lowest BCUT2D eigenvalue weighted by molar-refractivity contribution is -0.127. The number of nitrogens with one attached hydrogen (secondary N) is 3. The standard InChI is InChI=1S/C21H23ClN4O3/c1-12(2)19(20(28)26-21-23-16-6-4-5-7-17(16)24-21)25-18(27)10-13-8-9-14(29-3)11-15(13)22/h4-9,11-12,19H,10H2,1-3H3,(H,25,27)(H2,23,24,26,28)/t19-/m0/s1. The van der Waals surface area contributed by atoms with Gasteiger partial charge in [0.25, 0.3) is 0 Å². The van der Waals surface area contributed by atoms with E-state index in [1.165, 1.54) is 0 Å². The van der Waals surface area contributed by atoms with Crippen molar-refractivity contribution in [3.05, 3.63) is 53.1 Å². The van der Waals surface area contributed by atoms with Gasteiger partial charge in [0.1, 0.15) is 11.8 Å². The van der Waals surface area contributed by atoms with Gasteiger partial charge in [0.15, 0.2) is 0 Å². The van der Waals surface area contributed by atoms with Gasteiger partial charge in [-0.3, -0.25) is 14.9 Å². The number of H-pyrrole nitrogens is 1. The number of imidazole rings is 1. The van der Waals surface area contributed by atoms with Gasteiger partial charge in [-0.25, -0.2) is 4.98 Å². The zero-order valence-corrected chi connectivity index (χ0v) is 17.2. The van der Waals surface area contributed by atoms with Crippen LogP contribution in [0.4, 0.5) is 5.95 Å². The second-order valence-electron chi connectivity index (χ2n) is 7.02. The summed E-state index contributed by atoms with van der Waals surface area (Å²) in [7, 11) is 1.55. The van der Waals surface area contributed by atoms with E-state index in [1.54, 1.807) is 25.3 Å². The average Bonchev–Trinajstić information content (AvgIpc) is 3.09. The van der Waals surface area contributed by atoms with Crippen molar-refractivity contribution < 1.29 is 14.3 Å². The Labute approximate surface area is 173 Å². The Morgan fingerprint density at radius 2 is 1.97 bits per heavy atom. The van der Waals surface area contributed by atoms with Crippen molar-refractivity contribution in [2.24, 2.45) is 5.92 Å². The number of carbonyl (C=O) groups is 2. The molecule has 0 bridgehead atoms. The molecule has 1 heterocycles. The molecule has 7 nitrogen and oxygen atoms in total. The third kappa shape index (κ3) is 5.06. The van der Waals surface area contributed by atoms with E-state index in [-0.39, 0.29) is 24.2 Å². The second-order valence-corrected chi connectivity index (χ2v) is 7.42. The maximum absolute atomic E-state index is 12.7. The molecule has 0 saturated carbocycles. The monoisotopic (exact) mass is 414 g/mol. The number of aromatic amines is 1. The molecular formula is C21H23ClN4O3. The summed E-state index contributed by atoms with van der Waals surface area (Å²) < 4.78 is 5.11. The molecule has 0 saturated heterocycles. The highest BCUT2D eigenvalue weighted by atomic mass is 35.5. The van der Waals surface area contributed by atoms with Crippen LogP contribution in [0.25, 0.3) is 11.0 Å². The summed E-state index contributed by atoms with van der Waals surface area (Å²) in [6, 6.07) is 11.9. The fourth-order valence-corrected chi connectivity index (χ4v) is 3.17. The molecular weight excluding hydrogens is 392 g/mol. The van der Waals surface area contributed by atoms with Crippen molar-refractivity contribution in [1.29, 1.82) is 0 Å². The summed E-state index contributed by atoms with van der Waals surface area (Å²) in [6.07, 6.45) is 0.0595. The quantitative estimate of drug-likeness (QED) is 0.550. The number of rotatable bonds is 7. The number of fused-ring (bicyclic) bond motifs is 1. The van der Waals surface area contributed by atoms with Gasteiger partial charge in [-0.05, 0) is 35.7 Å². The van der Waals surface area contributed by atoms with Crippen LogP contribution in [-0.2, 0) is 16.0 Å². The third-order valence-electron chi connectivity index (χ3n) is 4.51. The Kier molecular flexibility index (Phi) is 6.39. The molecule has 3 rings (SSSR count). The minimum atomic E-state index is -0.715. The highest BCUT2D eigenvalue weighted by molar-refractivity contribution is 6.31. The number of halogens is 1. The normalized spacial score (nSPS) is 12.0. The predicted molar refractivity (Wildman–Crippen MR) is 113 cm³/mol. The molecule has 0 radical (unpaired) electrons. The van der Waals surface area contributed by atoms with Crippen LogP contribution in [0.1, 0.15) is 19.4 Å². The molecule has 0 aliphatic rings. The van der Waals surface area contributed by atoms with Crippen molar-refractivity contribution in [3.8, 4) is 5.75 Å². The first-order valence-electron chi connectivity index (χ1n) is 9.24. The Balaban J connectivity index is 1.67. The van der Waals surface area contributed by atoms with Crippen molar-refractivity contribution >= 4 is 40.4 Å². The molecule has 2 amide bonds. The number of hydrogen-bond acceptors (Lipinski definition) is 4. The van der Waals surface area contributed by atoms with Crippen LogP contribution >= 0.6 is 11.6 Å². The minimum absolute atomic E-state index is 0.0595. The van der Waals surface area contributed by atoms with E-state index in [9.17, 15) is 9.59 Å². The van der Waals surface area contributed by atoms with Crippen LogP contribution in [0.3, 0.4) is 0 Å². The molecule has 29 heavy (non-hydrogen) atoms. The van der Waals surface area contributed by atoms with Crippen molar-refractivity contribution in [1.82, 2.24) is 15.3 Å². The highest BCUT2D eigenvalue weighted by Crippen LogP contribution is 2.23. The van der Waals surface area contributed by atoms with Gasteiger partial charge in [-0.1, -0.05) is 43.6 Å². The zero-order chi connectivity index (χ0) is 21.0. The van der Waals surface area contributed by atoms with E-state index in [2.05, 4.69) is 20.6 Å². The molecule has 0 spiro atoms. The first kappa shape index (κ1) is 20.7. The van der Waals surface area contributed by atoms with Crippen LogP contribution in [0.15, 0.2) is 42.5 Å². The lowest BCUT2D eigenvalue weighted by atomic mass is 10.0. The van der Waals surface area contributed by atoms with Gasteiger partial charge in [0.05, 0.1) is 24.6 Å². The number of aromatic nitrogens is 2. The van der Waals surface area contributed by atoms with Crippen LogP contribution in [0.5, 0.6) is 5.75 Å². The number of para-hydroxylation sites is 2. The molecule has 1 atom stereocenters. The van der Waals surface area contributed by atoms with Gasteiger partial charge in [0.2, 0.25) is 17.8 Å². The van der Waals surface area contributed by atoms with Crippen molar-refractivity contribution in [2.75, 3.05) is 12.4 Å². The lowest BCUT2D eigenvalue weighted by Gasteiger charge is -2.21. The molecule has 1 aromatic heterocycles. The Bertz CT molecular complexity index is 999.